The maximum atomic E-state index is 10.2. The van der Waals surface area contributed by atoms with Crippen LogP contribution in [0.3, 0.4) is 0 Å². The number of phenolic OH excluding ortho intramolecular Hbond substituents is 1. The molecule has 1 aliphatic heterocycles. The largest absolute Gasteiger partial charge is 0.504 e. The zero-order valence-corrected chi connectivity index (χ0v) is 15.4. The molecule has 0 radical (unpaired) electrons. The monoisotopic (exact) mass is 393 g/mol. The summed E-state index contributed by atoms with van der Waals surface area (Å²) in [6.45, 7) is 0.840. The molecule has 128 valence electrons. The Hall–Kier alpha value is -1.92. The SMILES string of the molecule is COc1cc(Br)c([C@@H]2NCCc3cc(OC)c(OC)cc32)cc1O. The topological polar surface area (TPSA) is 60.0 Å². The van der Waals surface area contributed by atoms with Gasteiger partial charge in [0.2, 0.25) is 0 Å². The summed E-state index contributed by atoms with van der Waals surface area (Å²) in [4.78, 5) is 0. The molecule has 0 amide bonds. The summed E-state index contributed by atoms with van der Waals surface area (Å²) in [5.41, 5.74) is 3.27. The Morgan fingerprint density at radius 3 is 2.29 bits per heavy atom. The van der Waals surface area contributed by atoms with Crippen molar-refractivity contribution in [3.05, 3.63) is 45.4 Å². The van der Waals surface area contributed by atoms with Crippen LogP contribution >= 0.6 is 15.9 Å². The van der Waals surface area contributed by atoms with Gasteiger partial charge in [0.1, 0.15) is 0 Å². The molecule has 2 N–H and O–H groups in total. The lowest BCUT2D eigenvalue weighted by Crippen LogP contribution is -2.31. The lowest BCUT2D eigenvalue weighted by atomic mass is 9.89. The van der Waals surface area contributed by atoms with Crippen molar-refractivity contribution >= 4 is 15.9 Å². The highest BCUT2D eigenvalue weighted by Gasteiger charge is 2.26. The summed E-state index contributed by atoms with van der Waals surface area (Å²) in [6, 6.07) is 7.48. The standard InChI is InChI=1S/C18H20BrNO4/c1-22-15-9-13(19)12(7-14(15)21)18-11-8-17(24-3)16(23-2)6-10(11)4-5-20-18/h6-9,18,20-21H,4-5H2,1-3H3/t18-/m1/s1. The minimum atomic E-state index is -0.0558. The van der Waals surface area contributed by atoms with Gasteiger partial charge in [0.15, 0.2) is 23.0 Å². The first kappa shape index (κ1) is 16.9. The highest BCUT2D eigenvalue weighted by Crippen LogP contribution is 2.42. The molecule has 0 fully saturated rings. The second kappa shape index (κ2) is 6.91. The fourth-order valence-corrected chi connectivity index (χ4v) is 3.66. The minimum absolute atomic E-state index is 0.0558. The number of hydrogen-bond acceptors (Lipinski definition) is 5. The van der Waals surface area contributed by atoms with Crippen LogP contribution in [0, 0.1) is 0 Å². The van der Waals surface area contributed by atoms with Crippen LogP contribution in [0.4, 0.5) is 0 Å². The van der Waals surface area contributed by atoms with E-state index in [2.05, 4.69) is 21.2 Å². The van der Waals surface area contributed by atoms with Crippen LogP contribution in [0.2, 0.25) is 0 Å². The molecule has 2 aromatic carbocycles. The Morgan fingerprint density at radius 2 is 1.62 bits per heavy atom. The average molecular weight is 394 g/mol. The van der Waals surface area contributed by atoms with Gasteiger partial charge in [0.05, 0.1) is 27.4 Å². The van der Waals surface area contributed by atoms with Crippen molar-refractivity contribution in [1.82, 2.24) is 5.32 Å². The molecule has 1 atom stereocenters. The van der Waals surface area contributed by atoms with E-state index in [9.17, 15) is 5.11 Å². The van der Waals surface area contributed by atoms with E-state index < -0.39 is 0 Å². The fourth-order valence-electron chi connectivity index (χ4n) is 3.11. The molecule has 0 spiro atoms. The highest BCUT2D eigenvalue weighted by molar-refractivity contribution is 9.10. The molecule has 0 unspecified atom stereocenters. The van der Waals surface area contributed by atoms with Gasteiger partial charge in [0, 0.05) is 11.0 Å². The quantitative estimate of drug-likeness (QED) is 0.833. The number of ether oxygens (including phenoxy) is 3. The van der Waals surface area contributed by atoms with E-state index in [0.29, 0.717) is 11.5 Å². The number of rotatable bonds is 4. The van der Waals surface area contributed by atoms with E-state index >= 15 is 0 Å². The number of halogens is 1. The second-order valence-corrected chi connectivity index (χ2v) is 6.44. The molecule has 0 saturated heterocycles. The molecule has 6 heteroatoms. The third-order valence-electron chi connectivity index (χ3n) is 4.31. The van der Waals surface area contributed by atoms with Gasteiger partial charge in [-0.25, -0.2) is 0 Å². The lowest BCUT2D eigenvalue weighted by Gasteiger charge is -2.29. The first-order valence-electron chi connectivity index (χ1n) is 7.63. The molecule has 3 rings (SSSR count). The maximum Gasteiger partial charge on any atom is 0.161 e. The van der Waals surface area contributed by atoms with Crippen molar-refractivity contribution in [2.24, 2.45) is 0 Å². The van der Waals surface area contributed by atoms with Gasteiger partial charge < -0.3 is 24.6 Å². The number of benzene rings is 2. The van der Waals surface area contributed by atoms with E-state index in [0.717, 1.165) is 34.3 Å². The molecule has 1 heterocycles. The number of aromatic hydroxyl groups is 1. The summed E-state index contributed by atoms with van der Waals surface area (Å²) in [5.74, 6) is 1.98. The van der Waals surface area contributed by atoms with Gasteiger partial charge in [0.25, 0.3) is 0 Å². The summed E-state index contributed by atoms with van der Waals surface area (Å²) in [7, 11) is 4.80. The van der Waals surface area contributed by atoms with E-state index in [4.69, 9.17) is 14.2 Å². The van der Waals surface area contributed by atoms with Crippen molar-refractivity contribution in [3.8, 4) is 23.0 Å². The van der Waals surface area contributed by atoms with Crippen LogP contribution in [0.1, 0.15) is 22.7 Å². The second-order valence-electron chi connectivity index (χ2n) is 5.59. The summed E-state index contributed by atoms with van der Waals surface area (Å²) < 4.78 is 16.9. The van der Waals surface area contributed by atoms with E-state index in [1.54, 1.807) is 26.4 Å². The van der Waals surface area contributed by atoms with Crippen LogP contribution in [0.15, 0.2) is 28.7 Å². The molecular weight excluding hydrogens is 374 g/mol. The molecule has 0 aliphatic carbocycles. The molecule has 0 bridgehead atoms. The Labute approximate surface area is 149 Å². The van der Waals surface area contributed by atoms with E-state index in [1.165, 1.54) is 12.7 Å². The molecule has 5 nitrogen and oxygen atoms in total. The molecular formula is C18H20BrNO4. The Morgan fingerprint density at radius 1 is 0.958 bits per heavy atom. The van der Waals surface area contributed by atoms with Crippen LogP contribution in [-0.4, -0.2) is 33.0 Å². The van der Waals surface area contributed by atoms with Gasteiger partial charge in [-0.1, -0.05) is 15.9 Å². The first-order valence-corrected chi connectivity index (χ1v) is 8.43. The minimum Gasteiger partial charge on any atom is -0.504 e. The Bertz CT molecular complexity index is 763. The van der Waals surface area contributed by atoms with Crippen LogP contribution in [0.25, 0.3) is 0 Å². The van der Waals surface area contributed by atoms with Crippen molar-refractivity contribution < 1.29 is 19.3 Å². The van der Waals surface area contributed by atoms with Gasteiger partial charge in [-0.05, 0) is 47.4 Å². The Balaban J connectivity index is 2.11. The zero-order valence-electron chi connectivity index (χ0n) is 13.9. The molecule has 0 saturated carbocycles. The van der Waals surface area contributed by atoms with Crippen molar-refractivity contribution in [2.45, 2.75) is 12.5 Å². The van der Waals surface area contributed by atoms with Gasteiger partial charge in [-0.3, -0.25) is 0 Å². The summed E-state index contributed by atoms with van der Waals surface area (Å²) in [5, 5.41) is 13.7. The summed E-state index contributed by atoms with van der Waals surface area (Å²) >= 11 is 3.59. The van der Waals surface area contributed by atoms with Crippen molar-refractivity contribution in [3.63, 3.8) is 0 Å². The third-order valence-corrected chi connectivity index (χ3v) is 5.00. The van der Waals surface area contributed by atoms with Crippen molar-refractivity contribution in [1.29, 1.82) is 0 Å². The normalized spacial score (nSPS) is 16.4. The number of nitrogens with one attached hydrogen (secondary N) is 1. The first-order chi connectivity index (χ1) is 11.6. The maximum absolute atomic E-state index is 10.2. The zero-order chi connectivity index (χ0) is 17.3. The molecule has 1 aliphatic rings. The molecule has 24 heavy (non-hydrogen) atoms. The average Bonchev–Trinajstić information content (AvgIpc) is 2.61. The van der Waals surface area contributed by atoms with Crippen LogP contribution in [-0.2, 0) is 6.42 Å². The third kappa shape index (κ3) is 2.91. The smallest absolute Gasteiger partial charge is 0.161 e. The van der Waals surface area contributed by atoms with Gasteiger partial charge >= 0.3 is 0 Å². The van der Waals surface area contributed by atoms with Gasteiger partial charge in [-0.2, -0.15) is 0 Å². The molecule has 0 aromatic heterocycles. The lowest BCUT2D eigenvalue weighted by molar-refractivity contribution is 0.352. The highest BCUT2D eigenvalue weighted by atomic mass is 79.9. The Kier molecular flexibility index (Phi) is 4.87. The number of phenols is 1. The number of methoxy groups -OCH3 is 3. The number of hydrogen-bond donors (Lipinski definition) is 2. The van der Waals surface area contributed by atoms with E-state index in [-0.39, 0.29) is 11.8 Å². The van der Waals surface area contributed by atoms with Gasteiger partial charge in [-0.15, -0.1) is 0 Å². The predicted molar refractivity (Wildman–Crippen MR) is 95.5 cm³/mol. The van der Waals surface area contributed by atoms with Crippen LogP contribution in [0.5, 0.6) is 23.0 Å². The number of fused-ring (bicyclic) bond motifs is 1. The molecule has 2 aromatic rings. The van der Waals surface area contributed by atoms with Crippen molar-refractivity contribution in [2.75, 3.05) is 27.9 Å². The summed E-state index contributed by atoms with van der Waals surface area (Å²) in [6.07, 6.45) is 0.909. The fraction of sp³-hybridized carbons (Fsp3) is 0.333. The predicted octanol–water partition coefficient (Wildman–Crippen LogP) is 3.42. The van der Waals surface area contributed by atoms with Crippen LogP contribution < -0.4 is 19.5 Å². The van der Waals surface area contributed by atoms with E-state index in [1.807, 2.05) is 12.1 Å².